The lowest BCUT2D eigenvalue weighted by Gasteiger charge is -2.24. The van der Waals surface area contributed by atoms with E-state index in [2.05, 4.69) is 43.1 Å². The summed E-state index contributed by atoms with van der Waals surface area (Å²) in [7, 11) is 0. The van der Waals surface area contributed by atoms with Crippen LogP contribution in [0.25, 0.3) is 0 Å². The van der Waals surface area contributed by atoms with E-state index in [1.807, 2.05) is 12.1 Å². The molecule has 88 valence electrons. The Hall–Kier alpha value is -1.12. The van der Waals surface area contributed by atoms with Crippen LogP contribution in [0.3, 0.4) is 0 Å². The van der Waals surface area contributed by atoms with E-state index in [1.54, 1.807) is 0 Å². The minimum absolute atomic E-state index is 0.336. The molecule has 0 aliphatic heterocycles. The fourth-order valence-corrected chi connectivity index (χ4v) is 1.82. The molecule has 0 aliphatic carbocycles. The van der Waals surface area contributed by atoms with Crippen molar-refractivity contribution in [2.45, 2.75) is 25.3 Å². The van der Waals surface area contributed by atoms with Crippen LogP contribution in [0.15, 0.2) is 43.0 Å². The SMILES string of the molecule is C=CCCNC(CN)C(C)c1ccccc1. The number of nitrogens with two attached hydrogens (primary N) is 1. The lowest BCUT2D eigenvalue weighted by Crippen LogP contribution is -2.40. The third-order valence-electron chi connectivity index (χ3n) is 2.94. The van der Waals surface area contributed by atoms with Crippen LogP contribution < -0.4 is 11.1 Å². The van der Waals surface area contributed by atoms with Crippen LogP contribution in [0.2, 0.25) is 0 Å². The maximum absolute atomic E-state index is 5.80. The van der Waals surface area contributed by atoms with E-state index < -0.39 is 0 Å². The summed E-state index contributed by atoms with van der Waals surface area (Å²) < 4.78 is 0. The van der Waals surface area contributed by atoms with Gasteiger partial charge in [-0.2, -0.15) is 0 Å². The van der Waals surface area contributed by atoms with Crippen molar-refractivity contribution >= 4 is 0 Å². The molecule has 0 radical (unpaired) electrons. The maximum Gasteiger partial charge on any atom is 0.0256 e. The van der Waals surface area contributed by atoms with Crippen molar-refractivity contribution in [1.29, 1.82) is 0 Å². The van der Waals surface area contributed by atoms with Gasteiger partial charge in [0.2, 0.25) is 0 Å². The van der Waals surface area contributed by atoms with Crippen molar-refractivity contribution in [3.63, 3.8) is 0 Å². The van der Waals surface area contributed by atoms with Crippen LogP contribution in [-0.2, 0) is 0 Å². The normalized spacial score (nSPS) is 14.4. The van der Waals surface area contributed by atoms with Crippen LogP contribution in [0.4, 0.5) is 0 Å². The Morgan fingerprint density at radius 2 is 2.06 bits per heavy atom. The quantitative estimate of drug-likeness (QED) is 0.544. The first-order valence-electron chi connectivity index (χ1n) is 5.89. The first-order valence-corrected chi connectivity index (χ1v) is 5.89. The molecule has 0 aromatic heterocycles. The second-order valence-electron chi connectivity index (χ2n) is 4.07. The molecule has 0 fully saturated rings. The summed E-state index contributed by atoms with van der Waals surface area (Å²) in [6.45, 7) is 7.54. The van der Waals surface area contributed by atoms with Gasteiger partial charge in [-0.3, -0.25) is 0 Å². The van der Waals surface area contributed by atoms with Gasteiger partial charge in [0.15, 0.2) is 0 Å². The van der Waals surface area contributed by atoms with E-state index in [0.717, 1.165) is 13.0 Å². The van der Waals surface area contributed by atoms with E-state index in [4.69, 9.17) is 5.73 Å². The van der Waals surface area contributed by atoms with Gasteiger partial charge in [0.05, 0.1) is 0 Å². The van der Waals surface area contributed by atoms with Gasteiger partial charge in [-0.25, -0.2) is 0 Å². The Morgan fingerprint density at radius 3 is 2.62 bits per heavy atom. The molecule has 1 rings (SSSR count). The average Bonchev–Trinajstić information content (AvgIpc) is 2.35. The number of benzene rings is 1. The summed E-state index contributed by atoms with van der Waals surface area (Å²) in [6.07, 6.45) is 2.91. The van der Waals surface area contributed by atoms with E-state index >= 15 is 0 Å². The number of hydrogen-bond donors (Lipinski definition) is 2. The second kappa shape index (κ2) is 7.20. The van der Waals surface area contributed by atoms with Gasteiger partial charge < -0.3 is 11.1 Å². The predicted octanol–water partition coefficient (Wildman–Crippen LogP) is 2.28. The zero-order valence-corrected chi connectivity index (χ0v) is 10.0. The molecule has 3 N–H and O–H groups in total. The van der Waals surface area contributed by atoms with Gasteiger partial charge in [0, 0.05) is 12.6 Å². The molecule has 1 aromatic carbocycles. The fourth-order valence-electron chi connectivity index (χ4n) is 1.82. The van der Waals surface area contributed by atoms with Crippen LogP contribution in [0.1, 0.15) is 24.8 Å². The van der Waals surface area contributed by atoms with Crippen LogP contribution in [0.5, 0.6) is 0 Å². The molecule has 0 aliphatic rings. The van der Waals surface area contributed by atoms with E-state index in [0.29, 0.717) is 18.5 Å². The molecule has 16 heavy (non-hydrogen) atoms. The topological polar surface area (TPSA) is 38.0 Å². The average molecular weight is 218 g/mol. The van der Waals surface area contributed by atoms with Crippen molar-refractivity contribution in [2.75, 3.05) is 13.1 Å². The predicted molar refractivity (Wildman–Crippen MR) is 70.5 cm³/mol. The minimum atomic E-state index is 0.336. The molecule has 0 amide bonds. The largest absolute Gasteiger partial charge is 0.329 e. The molecule has 2 heteroatoms. The number of nitrogens with one attached hydrogen (secondary N) is 1. The monoisotopic (exact) mass is 218 g/mol. The van der Waals surface area contributed by atoms with Gasteiger partial charge in [0.1, 0.15) is 0 Å². The molecule has 0 spiro atoms. The number of hydrogen-bond acceptors (Lipinski definition) is 2. The van der Waals surface area contributed by atoms with Crippen molar-refractivity contribution in [2.24, 2.45) is 5.73 Å². The lowest BCUT2D eigenvalue weighted by atomic mass is 9.93. The summed E-state index contributed by atoms with van der Waals surface area (Å²) in [5.74, 6) is 0.441. The third kappa shape index (κ3) is 3.80. The van der Waals surface area contributed by atoms with Crippen LogP contribution >= 0.6 is 0 Å². The smallest absolute Gasteiger partial charge is 0.0256 e. The van der Waals surface area contributed by atoms with Gasteiger partial charge in [-0.1, -0.05) is 43.3 Å². The Kier molecular flexibility index (Phi) is 5.83. The van der Waals surface area contributed by atoms with Gasteiger partial charge in [-0.05, 0) is 24.4 Å². The zero-order valence-electron chi connectivity index (χ0n) is 10.0. The Balaban J connectivity index is 2.55. The Morgan fingerprint density at radius 1 is 1.38 bits per heavy atom. The molecule has 1 aromatic rings. The van der Waals surface area contributed by atoms with Crippen LogP contribution in [0, 0.1) is 0 Å². The molecule has 2 atom stereocenters. The number of rotatable bonds is 7. The molecule has 0 bridgehead atoms. The first-order chi connectivity index (χ1) is 7.79. The highest BCUT2D eigenvalue weighted by atomic mass is 14.9. The molecule has 2 unspecified atom stereocenters. The first kappa shape index (κ1) is 12.9. The van der Waals surface area contributed by atoms with Crippen molar-refractivity contribution in [3.05, 3.63) is 48.6 Å². The Labute approximate surface area is 98.6 Å². The van der Waals surface area contributed by atoms with Gasteiger partial charge in [0.25, 0.3) is 0 Å². The minimum Gasteiger partial charge on any atom is -0.329 e. The summed E-state index contributed by atoms with van der Waals surface area (Å²) in [5.41, 5.74) is 7.14. The van der Waals surface area contributed by atoms with Crippen LogP contribution in [-0.4, -0.2) is 19.1 Å². The standard InChI is InChI=1S/C14H22N2/c1-3-4-10-16-14(11-15)12(2)13-8-6-5-7-9-13/h3,5-9,12,14,16H,1,4,10-11,15H2,2H3. The zero-order chi connectivity index (χ0) is 11.8. The molecule has 0 saturated heterocycles. The van der Waals surface area contributed by atoms with Crippen molar-refractivity contribution in [1.82, 2.24) is 5.32 Å². The van der Waals surface area contributed by atoms with E-state index in [9.17, 15) is 0 Å². The lowest BCUT2D eigenvalue weighted by molar-refractivity contribution is 0.461. The van der Waals surface area contributed by atoms with Gasteiger partial charge in [-0.15, -0.1) is 6.58 Å². The highest BCUT2D eigenvalue weighted by molar-refractivity contribution is 5.20. The summed E-state index contributed by atoms with van der Waals surface area (Å²) >= 11 is 0. The summed E-state index contributed by atoms with van der Waals surface area (Å²) in [4.78, 5) is 0. The summed E-state index contributed by atoms with van der Waals surface area (Å²) in [6, 6.07) is 10.8. The highest BCUT2D eigenvalue weighted by Gasteiger charge is 2.15. The molecule has 2 nitrogen and oxygen atoms in total. The molecule has 0 saturated carbocycles. The fraction of sp³-hybridized carbons (Fsp3) is 0.429. The highest BCUT2D eigenvalue weighted by Crippen LogP contribution is 2.18. The van der Waals surface area contributed by atoms with Gasteiger partial charge >= 0.3 is 0 Å². The molecular weight excluding hydrogens is 196 g/mol. The maximum atomic E-state index is 5.80. The molecular formula is C14H22N2. The second-order valence-corrected chi connectivity index (χ2v) is 4.07. The van der Waals surface area contributed by atoms with E-state index in [1.165, 1.54) is 5.56 Å². The van der Waals surface area contributed by atoms with Crippen molar-refractivity contribution in [3.8, 4) is 0 Å². The Bertz CT molecular complexity index is 295. The third-order valence-corrected chi connectivity index (χ3v) is 2.94. The van der Waals surface area contributed by atoms with E-state index in [-0.39, 0.29) is 0 Å². The molecule has 0 heterocycles. The summed E-state index contributed by atoms with van der Waals surface area (Å²) in [5, 5.41) is 3.47. The van der Waals surface area contributed by atoms with Crippen molar-refractivity contribution < 1.29 is 0 Å².